The molecule has 5 nitrogen and oxygen atoms in total. The Bertz CT molecular complexity index is 995. The van der Waals surface area contributed by atoms with Gasteiger partial charge in [0.2, 0.25) is 0 Å². The van der Waals surface area contributed by atoms with Crippen LogP contribution in [-0.4, -0.2) is 22.1 Å². The highest BCUT2D eigenvalue weighted by Crippen LogP contribution is 2.20. The van der Waals surface area contributed by atoms with E-state index in [-0.39, 0.29) is 5.91 Å². The molecule has 29 heavy (non-hydrogen) atoms. The van der Waals surface area contributed by atoms with Crippen LogP contribution < -0.4 is 5.43 Å². The van der Waals surface area contributed by atoms with E-state index in [2.05, 4.69) is 20.5 Å². The lowest BCUT2D eigenvalue weighted by molar-refractivity contribution is 0.0955. The van der Waals surface area contributed by atoms with Gasteiger partial charge in [-0.3, -0.25) is 4.79 Å². The number of hydrogen-bond acceptors (Lipinski definition) is 5. The van der Waals surface area contributed by atoms with Crippen LogP contribution in [0.1, 0.15) is 32.9 Å². The van der Waals surface area contributed by atoms with Gasteiger partial charge >= 0.3 is 0 Å². The number of allylic oxidation sites excluding steroid dienone is 1. The van der Waals surface area contributed by atoms with Gasteiger partial charge in [-0.2, -0.15) is 5.10 Å². The third-order valence-electron chi connectivity index (χ3n) is 3.96. The predicted octanol–water partition coefficient (Wildman–Crippen LogP) is 4.81. The van der Waals surface area contributed by atoms with Crippen molar-refractivity contribution in [3.05, 3.63) is 94.8 Å². The van der Waals surface area contributed by atoms with Crippen molar-refractivity contribution in [2.24, 2.45) is 5.10 Å². The minimum absolute atomic E-state index is 0.244. The highest BCUT2D eigenvalue weighted by atomic mass is 32.2. The minimum atomic E-state index is -0.244. The summed E-state index contributed by atoms with van der Waals surface area (Å²) in [7, 11) is 0. The number of carbonyl (C=O) groups is 1. The predicted molar refractivity (Wildman–Crippen MR) is 119 cm³/mol. The molecule has 2 aromatic carbocycles. The Balaban J connectivity index is 1.49. The van der Waals surface area contributed by atoms with Crippen molar-refractivity contribution < 1.29 is 4.79 Å². The molecule has 146 valence electrons. The molecule has 1 aromatic heterocycles. The van der Waals surface area contributed by atoms with Crippen LogP contribution >= 0.6 is 11.8 Å². The van der Waals surface area contributed by atoms with E-state index in [1.54, 1.807) is 36.2 Å². The van der Waals surface area contributed by atoms with E-state index in [0.29, 0.717) is 5.56 Å². The first-order valence-electron chi connectivity index (χ1n) is 9.19. The fourth-order valence-corrected chi connectivity index (χ4v) is 3.49. The van der Waals surface area contributed by atoms with E-state index in [1.165, 1.54) is 0 Å². The molecule has 1 amide bonds. The number of aryl methyl sites for hydroxylation is 2. The number of thioether (sulfide) groups is 1. The van der Waals surface area contributed by atoms with Crippen molar-refractivity contribution in [3.63, 3.8) is 0 Å². The maximum atomic E-state index is 12.2. The van der Waals surface area contributed by atoms with E-state index >= 15 is 0 Å². The van der Waals surface area contributed by atoms with E-state index in [1.807, 2.05) is 68.5 Å². The highest BCUT2D eigenvalue weighted by molar-refractivity contribution is 7.98. The molecule has 0 radical (unpaired) electrons. The van der Waals surface area contributed by atoms with Crippen LogP contribution in [0.3, 0.4) is 0 Å². The molecule has 0 unspecified atom stereocenters. The second-order valence-corrected chi connectivity index (χ2v) is 7.35. The second-order valence-electron chi connectivity index (χ2n) is 6.41. The molecule has 1 heterocycles. The van der Waals surface area contributed by atoms with Crippen molar-refractivity contribution in [1.29, 1.82) is 0 Å². The van der Waals surface area contributed by atoms with Crippen LogP contribution in [-0.2, 0) is 5.75 Å². The molecule has 0 spiro atoms. The van der Waals surface area contributed by atoms with Crippen molar-refractivity contribution in [2.45, 2.75) is 24.8 Å². The number of aromatic nitrogens is 2. The van der Waals surface area contributed by atoms with Crippen LogP contribution in [0.15, 0.2) is 77.0 Å². The maximum absolute atomic E-state index is 12.2. The summed E-state index contributed by atoms with van der Waals surface area (Å²) >= 11 is 1.58. The van der Waals surface area contributed by atoms with E-state index in [0.717, 1.165) is 33.4 Å². The van der Waals surface area contributed by atoms with Gasteiger partial charge < -0.3 is 0 Å². The van der Waals surface area contributed by atoms with Crippen molar-refractivity contribution >= 4 is 30.0 Å². The molecule has 0 saturated carbocycles. The molecule has 0 aliphatic carbocycles. The Morgan fingerprint density at radius 3 is 2.41 bits per heavy atom. The van der Waals surface area contributed by atoms with Gasteiger partial charge in [0.25, 0.3) is 5.91 Å². The summed E-state index contributed by atoms with van der Waals surface area (Å²) < 4.78 is 0. The van der Waals surface area contributed by atoms with Crippen molar-refractivity contribution in [2.75, 3.05) is 0 Å². The summed E-state index contributed by atoms with van der Waals surface area (Å²) in [6, 6.07) is 19.3. The maximum Gasteiger partial charge on any atom is 0.271 e. The number of hydrogen-bond donors (Lipinski definition) is 1. The summed E-state index contributed by atoms with van der Waals surface area (Å²) in [5, 5.41) is 4.71. The SMILES string of the molecule is Cc1cc(C)nc(SCc2ccc(C(=O)NN=CC=Cc3ccccc3)cc2)n1. The topological polar surface area (TPSA) is 67.2 Å². The third-order valence-corrected chi connectivity index (χ3v) is 4.88. The van der Waals surface area contributed by atoms with Crippen LogP contribution in [0, 0.1) is 13.8 Å². The average molecular weight is 403 g/mol. The Labute approximate surface area is 175 Å². The zero-order chi connectivity index (χ0) is 20.5. The van der Waals surface area contributed by atoms with Crippen LogP contribution in [0.4, 0.5) is 0 Å². The second kappa shape index (κ2) is 10.3. The number of benzene rings is 2. The van der Waals surface area contributed by atoms with Gasteiger partial charge in [-0.25, -0.2) is 15.4 Å². The van der Waals surface area contributed by atoms with Gasteiger partial charge in [0, 0.05) is 28.9 Å². The quantitative estimate of drug-likeness (QED) is 0.266. The fourth-order valence-electron chi connectivity index (χ4n) is 2.58. The molecule has 3 rings (SSSR count). The molecule has 0 aliphatic rings. The Morgan fingerprint density at radius 2 is 1.72 bits per heavy atom. The Hall–Kier alpha value is -3.25. The largest absolute Gasteiger partial charge is 0.271 e. The zero-order valence-corrected chi connectivity index (χ0v) is 17.2. The lowest BCUT2D eigenvalue weighted by Crippen LogP contribution is -2.17. The number of hydrazone groups is 1. The number of amides is 1. The molecule has 0 aliphatic heterocycles. The smallest absolute Gasteiger partial charge is 0.267 e. The van der Waals surface area contributed by atoms with Crippen molar-refractivity contribution in [3.8, 4) is 0 Å². The standard InChI is InChI=1S/C23H22N4OS/c1-17-15-18(2)26-23(25-17)29-16-20-10-12-21(13-11-20)22(28)27-24-14-6-9-19-7-4-3-5-8-19/h3-15H,16H2,1-2H3,(H,27,28). The van der Waals surface area contributed by atoms with E-state index in [9.17, 15) is 4.79 Å². The molecule has 6 heteroatoms. The lowest BCUT2D eigenvalue weighted by atomic mass is 10.1. The summed E-state index contributed by atoms with van der Waals surface area (Å²) in [4.78, 5) is 21.0. The first kappa shape index (κ1) is 20.5. The molecule has 0 saturated heterocycles. The van der Waals surface area contributed by atoms with Crippen LogP contribution in [0.25, 0.3) is 6.08 Å². The van der Waals surface area contributed by atoms with Crippen LogP contribution in [0.5, 0.6) is 0 Å². The molecule has 0 atom stereocenters. The van der Waals surface area contributed by atoms with E-state index < -0.39 is 0 Å². The molecular weight excluding hydrogens is 380 g/mol. The third kappa shape index (κ3) is 6.69. The van der Waals surface area contributed by atoms with Gasteiger partial charge in [0.05, 0.1) is 0 Å². The summed E-state index contributed by atoms with van der Waals surface area (Å²) in [5.41, 5.74) is 7.19. The molecule has 0 fully saturated rings. The summed E-state index contributed by atoms with van der Waals surface area (Å²) in [6.45, 7) is 3.93. The van der Waals surface area contributed by atoms with Crippen LogP contribution in [0.2, 0.25) is 0 Å². The van der Waals surface area contributed by atoms with Crippen molar-refractivity contribution in [1.82, 2.24) is 15.4 Å². The number of carbonyl (C=O) groups excluding carboxylic acids is 1. The van der Waals surface area contributed by atoms with Gasteiger partial charge in [-0.1, -0.05) is 60.3 Å². The first-order valence-corrected chi connectivity index (χ1v) is 10.2. The monoisotopic (exact) mass is 402 g/mol. The summed E-state index contributed by atoms with van der Waals surface area (Å²) in [5.74, 6) is 0.499. The zero-order valence-electron chi connectivity index (χ0n) is 16.4. The number of rotatable bonds is 7. The molecule has 0 bridgehead atoms. The van der Waals surface area contributed by atoms with Gasteiger partial charge in [-0.15, -0.1) is 0 Å². The average Bonchev–Trinajstić information content (AvgIpc) is 2.72. The number of nitrogens with zero attached hydrogens (tertiary/aromatic N) is 3. The number of nitrogens with one attached hydrogen (secondary N) is 1. The Kier molecular flexibility index (Phi) is 7.30. The lowest BCUT2D eigenvalue weighted by Gasteiger charge is -2.04. The molecule has 3 aromatic rings. The highest BCUT2D eigenvalue weighted by Gasteiger charge is 2.05. The van der Waals surface area contributed by atoms with E-state index in [4.69, 9.17) is 0 Å². The molecular formula is C23H22N4OS. The Morgan fingerprint density at radius 1 is 1.03 bits per heavy atom. The van der Waals surface area contributed by atoms with Gasteiger partial charge in [-0.05, 0) is 49.2 Å². The van der Waals surface area contributed by atoms with Gasteiger partial charge in [0.15, 0.2) is 5.16 Å². The van der Waals surface area contributed by atoms with Gasteiger partial charge in [0.1, 0.15) is 0 Å². The molecule has 1 N–H and O–H groups in total. The fraction of sp³-hybridized carbons (Fsp3) is 0.130. The normalized spacial score (nSPS) is 11.2. The summed E-state index contributed by atoms with van der Waals surface area (Å²) in [6.07, 6.45) is 5.26. The first-order chi connectivity index (χ1) is 14.1. The minimum Gasteiger partial charge on any atom is -0.267 e.